The maximum atomic E-state index is 11.0. The fourth-order valence-corrected chi connectivity index (χ4v) is 2.77. The fourth-order valence-electron chi connectivity index (χ4n) is 2.77. The van der Waals surface area contributed by atoms with E-state index in [4.69, 9.17) is 10.2 Å². The Balaban J connectivity index is 0.00000176. The van der Waals surface area contributed by atoms with Crippen molar-refractivity contribution < 1.29 is 4.42 Å². The van der Waals surface area contributed by atoms with Crippen molar-refractivity contribution in [3.05, 3.63) is 34.8 Å². The standard InChI is InChI=1S/C15H20N4O2.ClH/c16-12-6-4-10(5-7-12)9-17-13-3-1-2-11(8-13)14-18-19-15(20)21-14;/h1-3,8,10,12,17H,4-7,9,16H2,(H,19,20);1H/t10-,12-;. The average Bonchev–Trinajstić information content (AvgIpc) is 2.94. The van der Waals surface area contributed by atoms with Crippen LogP contribution in [0.15, 0.2) is 33.5 Å². The molecule has 0 spiro atoms. The molecule has 22 heavy (non-hydrogen) atoms. The predicted octanol–water partition coefficient (Wildman–Crippen LogP) is 2.38. The summed E-state index contributed by atoms with van der Waals surface area (Å²) >= 11 is 0. The van der Waals surface area contributed by atoms with Gasteiger partial charge in [0.2, 0.25) is 5.89 Å². The predicted molar refractivity (Wildman–Crippen MR) is 88.2 cm³/mol. The van der Waals surface area contributed by atoms with E-state index in [1.807, 2.05) is 24.3 Å². The Labute approximate surface area is 134 Å². The molecule has 1 aliphatic rings. The number of aromatic amines is 1. The summed E-state index contributed by atoms with van der Waals surface area (Å²) in [6.45, 7) is 0.945. The van der Waals surface area contributed by atoms with Crippen molar-refractivity contribution in [2.24, 2.45) is 11.7 Å². The summed E-state index contributed by atoms with van der Waals surface area (Å²) in [4.78, 5) is 11.0. The lowest BCUT2D eigenvalue weighted by Gasteiger charge is -2.26. The minimum absolute atomic E-state index is 0. The SMILES string of the molecule is Cl.N[C@H]1CC[C@H](CNc2cccc(-c3n[nH]c(=O)o3)c2)CC1. The molecule has 0 atom stereocenters. The van der Waals surface area contributed by atoms with E-state index in [1.54, 1.807) is 0 Å². The summed E-state index contributed by atoms with van der Waals surface area (Å²) in [5, 5.41) is 9.56. The summed E-state index contributed by atoms with van der Waals surface area (Å²) in [6, 6.07) is 8.11. The van der Waals surface area contributed by atoms with Crippen LogP contribution in [-0.2, 0) is 0 Å². The summed E-state index contributed by atoms with van der Waals surface area (Å²) in [5.74, 6) is 0.450. The number of nitrogens with two attached hydrogens (primary N) is 1. The molecule has 7 heteroatoms. The molecule has 1 aromatic heterocycles. The Morgan fingerprint density at radius 1 is 1.32 bits per heavy atom. The molecule has 1 fully saturated rings. The van der Waals surface area contributed by atoms with E-state index < -0.39 is 5.76 Å². The van der Waals surface area contributed by atoms with Gasteiger partial charge in [-0.1, -0.05) is 6.07 Å². The normalized spacial score (nSPS) is 21.1. The molecular weight excluding hydrogens is 304 g/mol. The third kappa shape index (κ3) is 4.11. The lowest BCUT2D eigenvalue weighted by molar-refractivity contribution is 0.339. The monoisotopic (exact) mass is 324 g/mol. The van der Waals surface area contributed by atoms with Crippen molar-refractivity contribution in [1.29, 1.82) is 0 Å². The highest BCUT2D eigenvalue weighted by atomic mass is 35.5. The molecule has 1 aromatic carbocycles. The molecule has 120 valence electrons. The number of hydrogen-bond acceptors (Lipinski definition) is 5. The summed E-state index contributed by atoms with van der Waals surface area (Å²) in [6.07, 6.45) is 4.60. The van der Waals surface area contributed by atoms with Crippen LogP contribution in [0.1, 0.15) is 25.7 Å². The van der Waals surface area contributed by atoms with Gasteiger partial charge < -0.3 is 15.5 Å². The zero-order valence-electron chi connectivity index (χ0n) is 12.2. The number of aromatic nitrogens is 2. The van der Waals surface area contributed by atoms with Crippen LogP contribution in [0.25, 0.3) is 11.5 Å². The minimum atomic E-state index is -0.540. The van der Waals surface area contributed by atoms with Crippen molar-refractivity contribution in [2.45, 2.75) is 31.7 Å². The topological polar surface area (TPSA) is 96.9 Å². The molecule has 0 bridgehead atoms. The lowest BCUT2D eigenvalue weighted by atomic mass is 9.86. The summed E-state index contributed by atoms with van der Waals surface area (Å²) in [7, 11) is 0. The lowest BCUT2D eigenvalue weighted by Crippen LogP contribution is -2.29. The van der Waals surface area contributed by atoms with Crippen LogP contribution in [0.5, 0.6) is 0 Å². The molecule has 0 radical (unpaired) electrons. The largest absolute Gasteiger partial charge is 0.434 e. The quantitative estimate of drug-likeness (QED) is 0.802. The van der Waals surface area contributed by atoms with Crippen LogP contribution >= 0.6 is 12.4 Å². The van der Waals surface area contributed by atoms with E-state index in [9.17, 15) is 4.79 Å². The third-order valence-electron chi connectivity index (χ3n) is 4.03. The van der Waals surface area contributed by atoms with Crippen LogP contribution in [0.4, 0.5) is 5.69 Å². The van der Waals surface area contributed by atoms with Crippen molar-refractivity contribution in [2.75, 3.05) is 11.9 Å². The van der Waals surface area contributed by atoms with Crippen molar-refractivity contribution in [3.8, 4) is 11.5 Å². The third-order valence-corrected chi connectivity index (χ3v) is 4.03. The minimum Gasteiger partial charge on any atom is -0.388 e. The van der Waals surface area contributed by atoms with E-state index in [-0.39, 0.29) is 12.4 Å². The second-order valence-electron chi connectivity index (χ2n) is 5.66. The maximum Gasteiger partial charge on any atom is 0.434 e. The van der Waals surface area contributed by atoms with Crippen molar-refractivity contribution in [3.63, 3.8) is 0 Å². The van der Waals surface area contributed by atoms with E-state index in [0.717, 1.165) is 30.6 Å². The van der Waals surface area contributed by atoms with Gasteiger partial charge in [-0.05, 0) is 49.8 Å². The number of halogens is 1. The zero-order chi connectivity index (χ0) is 14.7. The Hall–Kier alpha value is -1.79. The smallest absolute Gasteiger partial charge is 0.388 e. The van der Waals surface area contributed by atoms with Gasteiger partial charge in [-0.25, -0.2) is 9.89 Å². The first kappa shape index (κ1) is 16.6. The number of anilines is 1. The highest BCUT2D eigenvalue weighted by Crippen LogP contribution is 2.24. The van der Waals surface area contributed by atoms with Crippen LogP contribution in [-0.4, -0.2) is 22.8 Å². The molecule has 0 unspecified atom stereocenters. The molecule has 1 heterocycles. The number of benzene rings is 1. The van der Waals surface area contributed by atoms with E-state index in [1.165, 1.54) is 12.8 Å². The van der Waals surface area contributed by atoms with E-state index in [2.05, 4.69) is 15.5 Å². The van der Waals surface area contributed by atoms with Crippen LogP contribution < -0.4 is 16.8 Å². The highest BCUT2D eigenvalue weighted by Gasteiger charge is 2.18. The van der Waals surface area contributed by atoms with Gasteiger partial charge in [0, 0.05) is 23.8 Å². The average molecular weight is 325 g/mol. The molecule has 0 saturated heterocycles. The first-order chi connectivity index (χ1) is 10.2. The van der Waals surface area contributed by atoms with Gasteiger partial charge in [0.25, 0.3) is 0 Å². The molecule has 1 aliphatic carbocycles. The molecular formula is C15H21ClN4O2. The summed E-state index contributed by atoms with van der Waals surface area (Å²) < 4.78 is 4.97. The van der Waals surface area contributed by atoms with Gasteiger partial charge in [0.1, 0.15) is 0 Å². The Bertz CT molecular complexity index is 647. The van der Waals surface area contributed by atoms with Gasteiger partial charge in [0.05, 0.1) is 0 Å². The fraction of sp³-hybridized carbons (Fsp3) is 0.467. The highest BCUT2D eigenvalue weighted by molar-refractivity contribution is 5.85. The molecule has 1 saturated carbocycles. The molecule has 0 aliphatic heterocycles. The number of nitrogens with one attached hydrogen (secondary N) is 2. The molecule has 6 nitrogen and oxygen atoms in total. The maximum absolute atomic E-state index is 11.0. The van der Waals surface area contributed by atoms with E-state index in [0.29, 0.717) is 17.9 Å². The molecule has 0 amide bonds. The number of hydrogen-bond donors (Lipinski definition) is 3. The molecule has 3 rings (SSSR count). The number of nitrogens with zero attached hydrogens (tertiary/aromatic N) is 1. The molecule has 2 aromatic rings. The van der Waals surface area contributed by atoms with Crippen LogP contribution in [0.3, 0.4) is 0 Å². The van der Waals surface area contributed by atoms with E-state index >= 15 is 0 Å². The van der Waals surface area contributed by atoms with Gasteiger partial charge in [-0.2, -0.15) is 0 Å². The Morgan fingerprint density at radius 2 is 2.09 bits per heavy atom. The zero-order valence-corrected chi connectivity index (χ0v) is 13.1. The van der Waals surface area contributed by atoms with Crippen molar-refractivity contribution >= 4 is 18.1 Å². The number of H-pyrrole nitrogens is 1. The van der Waals surface area contributed by atoms with Gasteiger partial charge in [-0.15, -0.1) is 17.5 Å². The van der Waals surface area contributed by atoms with Gasteiger partial charge >= 0.3 is 5.76 Å². The van der Waals surface area contributed by atoms with Gasteiger partial charge in [0.15, 0.2) is 0 Å². The second kappa shape index (κ2) is 7.47. The molecule has 4 N–H and O–H groups in total. The first-order valence-corrected chi connectivity index (χ1v) is 7.36. The van der Waals surface area contributed by atoms with Crippen LogP contribution in [0, 0.1) is 5.92 Å². The number of rotatable bonds is 4. The Kier molecular flexibility index (Phi) is 5.63. The van der Waals surface area contributed by atoms with Crippen molar-refractivity contribution in [1.82, 2.24) is 10.2 Å². The summed E-state index contributed by atoms with van der Waals surface area (Å²) in [5.41, 5.74) is 7.71. The second-order valence-corrected chi connectivity index (χ2v) is 5.66. The van der Waals surface area contributed by atoms with Gasteiger partial charge in [-0.3, -0.25) is 0 Å². The Morgan fingerprint density at radius 3 is 2.77 bits per heavy atom. The van der Waals surface area contributed by atoms with Crippen LogP contribution in [0.2, 0.25) is 0 Å². The first-order valence-electron chi connectivity index (χ1n) is 7.36.